The number of thiol groups is 1. The van der Waals surface area contributed by atoms with Crippen molar-refractivity contribution in [2.45, 2.75) is 4.90 Å². The predicted molar refractivity (Wildman–Crippen MR) is 48.4 cm³/mol. The first-order valence-corrected chi connectivity index (χ1v) is 4.90. The van der Waals surface area contributed by atoms with Crippen LogP contribution >= 0.6 is 0 Å². The van der Waals surface area contributed by atoms with E-state index in [0.717, 1.165) is 12.1 Å². The predicted octanol–water partition coefficient (Wildman–Crippen LogP) is 0.156. The number of amides is 1. The van der Waals surface area contributed by atoms with E-state index < -0.39 is 27.3 Å². The fraction of sp³-hybridized carbons (Fsp3) is 0.125. The van der Waals surface area contributed by atoms with Gasteiger partial charge in [0.1, 0.15) is 10.7 Å². The second-order valence-corrected chi connectivity index (χ2v) is 3.50. The lowest BCUT2D eigenvalue weighted by atomic mass is 10.2. The normalized spacial score (nSPS) is 10.2. The van der Waals surface area contributed by atoms with E-state index in [4.69, 9.17) is 0 Å². The van der Waals surface area contributed by atoms with Crippen LogP contribution in [-0.4, -0.2) is 21.4 Å². The first-order valence-electron chi connectivity index (χ1n) is 3.72. The molecule has 0 aliphatic carbocycles. The van der Waals surface area contributed by atoms with Crippen molar-refractivity contribution in [3.05, 3.63) is 29.6 Å². The Morgan fingerprint density at radius 1 is 1.43 bits per heavy atom. The molecule has 0 radical (unpaired) electrons. The number of carbonyl (C=O) groups excluding carboxylic acids is 1. The lowest BCUT2D eigenvalue weighted by Gasteiger charge is -2.00. The van der Waals surface area contributed by atoms with Crippen LogP contribution in [0.5, 0.6) is 0 Å². The summed E-state index contributed by atoms with van der Waals surface area (Å²) in [6.07, 6.45) is 0. The lowest BCUT2D eigenvalue weighted by molar-refractivity contribution is 0.0963. The monoisotopic (exact) mass is 217 g/mol. The molecule has 0 heterocycles. The largest absolute Gasteiger partial charge is 0.355 e. The van der Waals surface area contributed by atoms with Gasteiger partial charge in [-0.05, 0) is 18.2 Å². The minimum absolute atomic E-state index is 0.114. The number of nitrogens with one attached hydrogen (secondary N) is 1. The van der Waals surface area contributed by atoms with Crippen molar-refractivity contribution in [1.82, 2.24) is 5.32 Å². The van der Waals surface area contributed by atoms with Gasteiger partial charge in [0.25, 0.3) is 5.91 Å². The summed E-state index contributed by atoms with van der Waals surface area (Å²) in [4.78, 5) is 10.6. The van der Waals surface area contributed by atoms with E-state index in [1.54, 1.807) is 0 Å². The van der Waals surface area contributed by atoms with Crippen molar-refractivity contribution in [3.63, 3.8) is 0 Å². The van der Waals surface area contributed by atoms with Gasteiger partial charge in [-0.15, -0.1) is 0 Å². The van der Waals surface area contributed by atoms with Crippen molar-refractivity contribution in [2.24, 2.45) is 0 Å². The average Bonchev–Trinajstić information content (AvgIpc) is 2.17. The first kappa shape index (κ1) is 10.6. The highest BCUT2D eigenvalue weighted by Crippen LogP contribution is 2.11. The number of hydrogen-bond donors (Lipinski definition) is 2. The molecule has 1 aromatic rings. The Morgan fingerprint density at radius 2 is 2.07 bits per heavy atom. The third-order valence-corrected chi connectivity index (χ3v) is 2.37. The van der Waals surface area contributed by atoms with Gasteiger partial charge in [0.15, 0.2) is 10.7 Å². The van der Waals surface area contributed by atoms with Gasteiger partial charge in [-0.25, -0.2) is 12.8 Å². The molecule has 1 rings (SSSR count). The summed E-state index contributed by atoms with van der Waals surface area (Å²) in [5.41, 5.74) is 0.114. The van der Waals surface area contributed by atoms with Crippen LogP contribution in [0.25, 0.3) is 0 Å². The Morgan fingerprint density at radius 3 is 2.57 bits per heavy atom. The van der Waals surface area contributed by atoms with E-state index in [1.165, 1.54) is 13.1 Å². The van der Waals surface area contributed by atoms with E-state index >= 15 is 0 Å². The quantitative estimate of drug-likeness (QED) is 0.693. The number of benzene rings is 1. The number of hydrogen-bond acceptors (Lipinski definition) is 3. The van der Waals surface area contributed by atoms with Crippen molar-refractivity contribution in [3.8, 4) is 0 Å². The maximum Gasteiger partial charge on any atom is 0.251 e. The molecule has 0 aliphatic heterocycles. The fourth-order valence-corrected chi connectivity index (χ4v) is 1.43. The molecule has 0 atom stereocenters. The second-order valence-electron chi connectivity index (χ2n) is 2.50. The third kappa shape index (κ3) is 2.08. The van der Waals surface area contributed by atoms with Crippen LogP contribution in [0.3, 0.4) is 0 Å². The SMILES string of the molecule is CNC(=O)c1ccc(F)c([SH](=O)=O)c1. The molecule has 1 aromatic carbocycles. The molecule has 1 amide bonds. The fourth-order valence-electron chi connectivity index (χ4n) is 0.938. The highest BCUT2D eigenvalue weighted by Gasteiger charge is 2.09. The van der Waals surface area contributed by atoms with Crippen molar-refractivity contribution in [2.75, 3.05) is 7.05 Å². The smallest absolute Gasteiger partial charge is 0.251 e. The minimum Gasteiger partial charge on any atom is -0.355 e. The van der Waals surface area contributed by atoms with Gasteiger partial charge >= 0.3 is 0 Å². The highest BCUT2D eigenvalue weighted by molar-refractivity contribution is 7.72. The summed E-state index contributed by atoms with van der Waals surface area (Å²) >= 11 is 0. The Hall–Kier alpha value is -1.43. The Kier molecular flexibility index (Phi) is 3.19. The lowest BCUT2D eigenvalue weighted by Crippen LogP contribution is -2.17. The molecule has 0 saturated heterocycles. The van der Waals surface area contributed by atoms with E-state index in [-0.39, 0.29) is 5.56 Å². The molecule has 0 fully saturated rings. The molecule has 0 bridgehead atoms. The van der Waals surface area contributed by atoms with Crippen LogP contribution in [0.2, 0.25) is 0 Å². The van der Waals surface area contributed by atoms with E-state index in [2.05, 4.69) is 5.32 Å². The average molecular weight is 217 g/mol. The van der Waals surface area contributed by atoms with Crippen LogP contribution in [0.1, 0.15) is 10.4 Å². The number of halogens is 1. The van der Waals surface area contributed by atoms with Gasteiger partial charge in [-0.2, -0.15) is 0 Å². The summed E-state index contributed by atoms with van der Waals surface area (Å²) in [6, 6.07) is 3.17. The van der Waals surface area contributed by atoms with E-state index in [0.29, 0.717) is 0 Å². The molecule has 0 unspecified atom stereocenters. The van der Waals surface area contributed by atoms with Crippen molar-refractivity contribution in [1.29, 1.82) is 0 Å². The van der Waals surface area contributed by atoms with Gasteiger partial charge in [0.05, 0.1) is 0 Å². The maximum atomic E-state index is 12.9. The molecular weight excluding hydrogens is 209 g/mol. The Labute approximate surface area is 81.7 Å². The summed E-state index contributed by atoms with van der Waals surface area (Å²) in [6.45, 7) is 0. The van der Waals surface area contributed by atoms with Crippen molar-refractivity contribution < 1.29 is 17.6 Å². The zero-order chi connectivity index (χ0) is 10.7. The topological polar surface area (TPSA) is 63.2 Å². The van der Waals surface area contributed by atoms with Crippen LogP contribution in [0.4, 0.5) is 4.39 Å². The zero-order valence-corrected chi connectivity index (χ0v) is 8.18. The van der Waals surface area contributed by atoms with Gasteiger partial charge < -0.3 is 5.32 Å². The maximum absolute atomic E-state index is 12.9. The molecule has 1 N–H and O–H groups in total. The summed E-state index contributed by atoms with van der Waals surface area (Å²) < 4.78 is 34.0. The Bertz CT molecular complexity index is 434. The van der Waals surface area contributed by atoms with Crippen molar-refractivity contribution >= 4 is 16.6 Å². The van der Waals surface area contributed by atoms with Gasteiger partial charge in [0.2, 0.25) is 0 Å². The minimum atomic E-state index is -3.02. The molecule has 0 aliphatic rings. The first-order chi connectivity index (χ1) is 6.56. The van der Waals surface area contributed by atoms with Gasteiger partial charge in [0, 0.05) is 12.6 Å². The summed E-state index contributed by atoms with van der Waals surface area (Å²) in [7, 11) is -1.61. The van der Waals surface area contributed by atoms with Crippen LogP contribution < -0.4 is 5.32 Å². The van der Waals surface area contributed by atoms with Crippen LogP contribution in [-0.2, 0) is 10.7 Å². The summed E-state index contributed by atoms with van der Waals surface area (Å²) in [5.74, 6) is -1.31. The molecule has 0 saturated carbocycles. The van der Waals surface area contributed by atoms with E-state index in [1.807, 2.05) is 0 Å². The third-order valence-electron chi connectivity index (χ3n) is 1.63. The number of rotatable bonds is 2. The Balaban J connectivity index is 3.26. The molecule has 0 spiro atoms. The van der Waals surface area contributed by atoms with Crippen LogP contribution in [0, 0.1) is 5.82 Å². The van der Waals surface area contributed by atoms with Gasteiger partial charge in [-0.3, -0.25) is 4.79 Å². The molecule has 4 nitrogen and oxygen atoms in total. The molecule has 6 heteroatoms. The second kappa shape index (κ2) is 4.19. The standard InChI is InChI=1S/C8H8FNO3S/c1-10-8(11)5-2-3-6(9)7(4-5)14(12)13/h2-4,14H,1H3,(H,10,11). The number of carbonyl (C=O) groups is 1. The molecule has 0 aromatic heterocycles. The van der Waals surface area contributed by atoms with Gasteiger partial charge in [-0.1, -0.05) is 0 Å². The molecule has 14 heavy (non-hydrogen) atoms. The summed E-state index contributed by atoms with van der Waals surface area (Å²) in [5, 5.41) is 2.31. The zero-order valence-electron chi connectivity index (χ0n) is 7.28. The molecule has 76 valence electrons. The molecular formula is C8H8FNO3S. The highest BCUT2D eigenvalue weighted by atomic mass is 32.2. The van der Waals surface area contributed by atoms with Crippen LogP contribution in [0.15, 0.2) is 23.1 Å². The van der Waals surface area contributed by atoms with E-state index in [9.17, 15) is 17.6 Å².